The van der Waals surface area contributed by atoms with Crippen LogP contribution in [0.5, 0.6) is 0 Å². The van der Waals surface area contributed by atoms with Gasteiger partial charge in [-0.1, -0.05) is 0 Å². The number of furan rings is 1. The van der Waals surface area contributed by atoms with Gasteiger partial charge in [0.2, 0.25) is 0 Å². The summed E-state index contributed by atoms with van der Waals surface area (Å²) in [5.74, 6) is 1.41. The minimum Gasteiger partial charge on any atom is -0.468 e. The second-order valence-electron chi connectivity index (χ2n) is 4.86. The van der Waals surface area contributed by atoms with Crippen molar-refractivity contribution in [3.8, 4) is 0 Å². The second kappa shape index (κ2) is 4.06. The molecule has 0 bridgehead atoms. The van der Waals surface area contributed by atoms with Gasteiger partial charge < -0.3 is 4.42 Å². The van der Waals surface area contributed by atoms with Crippen molar-refractivity contribution in [1.29, 1.82) is 0 Å². The Morgan fingerprint density at radius 1 is 1.38 bits per heavy atom. The number of rotatable bonds is 4. The number of Topliss-reactive ketones (excluding diaryl/α,β-unsaturated/α-hetero) is 1. The van der Waals surface area contributed by atoms with Gasteiger partial charge in [0.1, 0.15) is 11.5 Å². The molecule has 0 aliphatic heterocycles. The topological polar surface area (TPSA) is 33.5 Å². The summed E-state index contributed by atoms with van der Waals surface area (Å²) in [5.41, 5.74) is 0. The number of hydrogen-bond acceptors (Lipinski definition) is 3. The maximum absolute atomic E-state index is 11.8. The lowest BCUT2D eigenvalue weighted by atomic mass is 10.2. The SMILES string of the molecule is O=C1CCCC1N(Cc1ccco1)C1CC1. The molecule has 2 aliphatic carbocycles. The summed E-state index contributed by atoms with van der Waals surface area (Å²) in [6.45, 7) is 0.800. The van der Waals surface area contributed by atoms with Gasteiger partial charge in [-0.3, -0.25) is 9.69 Å². The fraction of sp³-hybridized carbons (Fsp3) is 0.615. The van der Waals surface area contributed by atoms with Gasteiger partial charge >= 0.3 is 0 Å². The van der Waals surface area contributed by atoms with E-state index in [0.29, 0.717) is 11.8 Å². The molecule has 2 saturated carbocycles. The predicted octanol–water partition coefficient (Wildman–Crippen LogP) is 2.37. The Bertz CT molecular complexity index is 367. The van der Waals surface area contributed by atoms with Crippen LogP contribution in [0.4, 0.5) is 0 Å². The molecule has 3 nitrogen and oxygen atoms in total. The number of carbonyl (C=O) groups excluding carboxylic acids is 1. The van der Waals surface area contributed by atoms with E-state index in [-0.39, 0.29) is 6.04 Å². The van der Waals surface area contributed by atoms with Crippen molar-refractivity contribution < 1.29 is 9.21 Å². The van der Waals surface area contributed by atoms with Crippen molar-refractivity contribution in [2.45, 2.75) is 50.7 Å². The first-order valence-corrected chi connectivity index (χ1v) is 6.15. The van der Waals surface area contributed by atoms with Gasteiger partial charge in [-0.05, 0) is 37.8 Å². The summed E-state index contributed by atoms with van der Waals surface area (Å²) >= 11 is 0. The van der Waals surface area contributed by atoms with Gasteiger partial charge in [-0.15, -0.1) is 0 Å². The van der Waals surface area contributed by atoms with Gasteiger partial charge in [0, 0.05) is 12.5 Å². The molecule has 86 valence electrons. The Morgan fingerprint density at radius 3 is 2.81 bits per heavy atom. The van der Waals surface area contributed by atoms with E-state index in [1.54, 1.807) is 6.26 Å². The fourth-order valence-corrected chi connectivity index (χ4v) is 2.63. The minimum absolute atomic E-state index is 0.164. The highest BCUT2D eigenvalue weighted by atomic mass is 16.3. The van der Waals surface area contributed by atoms with E-state index in [0.717, 1.165) is 31.6 Å². The van der Waals surface area contributed by atoms with Crippen LogP contribution < -0.4 is 0 Å². The van der Waals surface area contributed by atoms with E-state index in [1.165, 1.54) is 12.8 Å². The van der Waals surface area contributed by atoms with Crippen molar-refractivity contribution >= 4 is 5.78 Å². The van der Waals surface area contributed by atoms with Crippen LogP contribution in [-0.4, -0.2) is 22.8 Å². The molecule has 0 radical (unpaired) electrons. The van der Waals surface area contributed by atoms with E-state index in [4.69, 9.17) is 4.42 Å². The number of ketones is 1. The Labute approximate surface area is 95.4 Å². The molecule has 1 aromatic rings. The number of hydrogen-bond donors (Lipinski definition) is 0. The third kappa shape index (κ3) is 1.92. The summed E-state index contributed by atoms with van der Waals surface area (Å²) in [5, 5.41) is 0. The average Bonchev–Trinajstić information content (AvgIpc) is 2.82. The lowest BCUT2D eigenvalue weighted by molar-refractivity contribution is -0.122. The molecule has 0 spiro atoms. The molecule has 3 rings (SSSR count). The van der Waals surface area contributed by atoms with E-state index in [1.807, 2.05) is 12.1 Å². The van der Waals surface area contributed by atoms with Crippen molar-refractivity contribution in [2.24, 2.45) is 0 Å². The molecule has 1 atom stereocenters. The molecule has 0 aromatic carbocycles. The van der Waals surface area contributed by atoms with Crippen LogP contribution in [0.3, 0.4) is 0 Å². The Kier molecular flexibility index (Phi) is 2.56. The van der Waals surface area contributed by atoms with Gasteiger partial charge in [0.25, 0.3) is 0 Å². The molecular weight excluding hydrogens is 202 g/mol. The molecular formula is C13H17NO2. The Balaban J connectivity index is 1.73. The maximum Gasteiger partial charge on any atom is 0.149 e. The van der Waals surface area contributed by atoms with Crippen LogP contribution in [0.15, 0.2) is 22.8 Å². The lowest BCUT2D eigenvalue weighted by Gasteiger charge is -2.26. The molecule has 16 heavy (non-hydrogen) atoms. The van der Waals surface area contributed by atoms with Crippen LogP contribution in [0.2, 0.25) is 0 Å². The molecule has 1 heterocycles. The van der Waals surface area contributed by atoms with Crippen LogP contribution >= 0.6 is 0 Å². The molecule has 1 unspecified atom stereocenters. The minimum atomic E-state index is 0.164. The maximum atomic E-state index is 11.8. The number of carbonyl (C=O) groups is 1. The number of nitrogens with zero attached hydrogens (tertiary/aromatic N) is 1. The van der Waals surface area contributed by atoms with Crippen LogP contribution in [0.25, 0.3) is 0 Å². The molecule has 2 fully saturated rings. The molecule has 0 N–H and O–H groups in total. The monoisotopic (exact) mass is 219 g/mol. The highest BCUT2D eigenvalue weighted by Crippen LogP contribution is 2.34. The zero-order chi connectivity index (χ0) is 11.0. The lowest BCUT2D eigenvalue weighted by Crippen LogP contribution is -2.39. The summed E-state index contributed by atoms with van der Waals surface area (Å²) in [4.78, 5) is 14.2. The third-order valence-electron chi connectivity index (χ3n) is 3.61. The fourth-order valence-electron chi connectivity index (χ4n) is 2.63. The first kappa shape index (κ1) is 10.1. The van der Waals surface area contributed by atoms with Gasteiger partial charge in [-0.25, -0.2) is 0 Å². The van der Waals surface area contributed by atoms with Crippen LogP contribution in [-0.2, 0) is 11.3 Å². The van der Waals surface area contributed by atoms with Gasteiger partial charge in [-0.2, -0.15) is 0 Å². The highest BCUT2D eigenvalue weighted by Gasteiger charge is 2.39. The second-order valence-corrected chi connectivity index (χ2v) is 4.86. The molecule has 1 aromatic heterocycles. The quantitative estimate of drug-likeness (QED) is 0.779. The highest BCUT2D eigenvalue weighted by molar-refractivity contribution is 5.86. The van der Waals surface area contributed by atoms with Gasteiger partial charge in [0.15, 0.2) is 0 Å². The van der Waals surface area contributed by atoms with E-state index < -0.39 is 0 Å². The standard InChI is InChI=1S/C13H17NO2/c15-13-5-1-4-12(13)14(10-6-7-10)9-11-3-2-8-16-11/h2-3,8,10,12H,1,4-7,9H2. The van der Waals surface area contributed by atoms with Crippen LogP contribution in [0.1, 0.15) is 37.9 Å². The van der Waals surface area contributed by atoms with Crippen LogP contribution in [0, 0.1) is 0 Å². The van der Waals surface area contributed by atoms with Crippen molar-refractivity contribution in [3.05, 3.63) is 24.2 Å². The largest absolute Gasteiger partial charge is 0.468 e. The van der Waals surface area contributed by atoms with Crippen molar-refractivity contribution in [3.63, 3.8) is 0 Å². The zero-order valence-corrected chi connectivity index (χ0v) is 9.39. The molecule has 0 saturated heterocycles. The summed E-state index contributed by atoms with van der Waals surface area (Å²) < 4.78 is 5.38. The molecule has 0 amide bonds. The van der Waals surface area contributed by atoms with Crippen molar-refractivity contribution in [1.82, 2.24) is 4.90 Å². The normalized spacial score (nSPS) is 25.6. The van der Waals surface area contributed by atoms with Crippen molar-refractivity contribution in [2.75, 3.05) is 0 Å². The first-order valence-electron chi connectivity index (χ1n) is 6.15. The summed E-state index contributed by atoms with van der Waals surface area (Å²) in [6.07, 6.45) is 7.05. The summed E-state index contributed by atoms with van der Waals surface area (Å²) in [7, 11) is 0. The Hall–Kier alpha value is -1.09. The Morgan fingerprint density at radius 2 is 2.25 bits per heavy atom. The smallest absolute Gasteiger partial charge is 0.149 e. The third-order valence-corrected chi connectivity index (χ3v) is 3.61. The first-order chi connectivity index (χ1) is 7.84. The van der Waals surface area contributed by atoms with E-state index in [2.05, 4.69) is 4.90 Å². The van der Waals surface area contributed by atoms with E-state index in [9.17, 15) is 4.79 Å². The summed E-state index contributed by atoms with van der Waals surface area (Å²) in [6, 6.07) is 4.70. The predicted molar refractivity (Wildman–Crippen MR) is 59.9 cm³/mol. The van der Waals surface area contributed by atoms with Gasteiger partial charge in [0.05, 0.1) is 18.8 Å². The molecule has 2 aliphatic rings. The molecule has 3 heteroatoms. The average molecular weight is 219 g/mol. The van der Waals surface area contributed by atoms with E-state index >= 15 is 0 Å². The zero-order valence-electron chi connectivity index (χ0n) is 9.39.